The Kier molecular flexibility index (Phi) is 2.83. The van der Waals surface area contributed by atoms with Crippen LogP contribution in [0.2, 0.25) is 0 Å². The van der Waals surface area contributed by atoms with E-state index in [1.54, 1.807) is 6.07 Å². The van der Waals surface area contributed by atoms with Gasteiger partial charge in [0.15, 0.2) is 0 Å². The number of hydrogen-bond donors (Lipinski definition) is 1. The zero-order valence-electron chi connectivity index (χ0n) is 10.1. The highest BCUT2D eigenvalue weighted by Gasteiger charge is 2.21. The van der Waals surface area contributed by atoms with Gasteiger partial charge in [-0.15, -0.1) is 10.2 Å². The Morgan fingerprint density at radius 1 is 1.39 bits per heavy atom. The summed E-state index contributed by atoms with van der Waals surface area (Å²) in [7, 11) is 0. The third-order valence-corrected chi connectivity index (χ3v) is 2.94. The number of benzene rings is 1. The Balaban J connectivity index is 1.78. The second-order valence-electron chi connectivity index (χ2n) is 4.64. The van der Waals surface area contributed by atoms with Gasteiger partial charge in [-0.3, -0.25) is 0 Å². The quantitative estimate of drug-likeness (QED) is 0.901. The maximum absolute atomic E-state index is 13.7. The smallest absolute Gasteiger partial charge is 0.250 e. The summed E-state index contributed by atoms with van der Waals surface area (Å²) in [4.78, 5) is 0. The molecular formula is C13H14FN3O. The van der Waals surface area contributed by atoms with Crippen LogP contribution in [-0.4, -0.2) is 16.2 Å². The van der Waals surface area contributed by atoms with E-state index in [9.17, 15) is 4.39 Å². The second-order valence-corrected chi connectivity index (χ2v) is 4.64. The fourth-order valence-electron chi connectivity index (χ4n) is 1.75. The Hall–Kier alpha value is -1.75. The van der Waals surface area contributed by atoms with Gasteiger partial charge in [-0.2, -0.15) is 0 Å². The monoisotopic (exact) mass is 247 g/mol. The summed E-state index contributed by atoms with van der Waals surface area (Å²) in [6.07, 6.45) is 2.40. The molecule has 0 saturated heterocycles. The molecule has 1 N–H and O–H groups in total. The van der Waals surface area contributed by atoms with Crippen LogP contribution >= 0.6 is 0 Å². The lowest BCUT2D eigenvalue weighted by Gasteiger charge is -1.99. The van der Waals surface area contributed by atoms with E-state index < -0.39 is 0 Å². The number of rotatable bonds is 4. The number of nitrogens with zero attached hydrogens (tertiary/aromatic N) is 2. The molecule has 94 valence electrons. The lowest BCUT2D eigenvalue weighted by molar-refractivity contribution is 0.474. The molecule has 0 spiro atoms. The van der Waals surface area contributed by atoms with Crippen molar-refractivity contribution in [2.75, 3.05) is 0 Å². The molecule has 1 saturated carbocycles. The van der Waals surface area contributed by atoms with Crippen molar-refractivity contribution in [2.45, 2.75) is 32.4 Å². The highest BCUT2D eigenvalue weighted by molar-refractivity contribution is 5.54. The summed E-state index contributed by atoms with van der Waals surface area (Å²) in [5, 5.41) is 11.1. The van der Waals surface area contributed by atoms with E-state index in [1.807, 2.05) is 13.0 Å². The lowest BCUT2D eigenvalue weighted by atomic mass is 10.1. The van der Waals surface area contributed by atoms with E-state index in [2.05, 4.69) is 15.5 Å². The van der Waals surface area contributed by atoms with Crippen molar-refractivity contribution in [3.63, 3.8) is 0 Å². The van der Waals surface area contributed by atoms with Gasteiger partial charge < -0.3 is 9.73 Å². The molecule has 18 heavy (non-hydrogen) atoms. The van der Waals surface area contributed by atoms with Crippen molar-refractivity contribution < 1.29 is 8.81 Å². The minimum absolute atomic E-state index is 0.236. The molecular weight excluding hydrogens is 233 g/mol. The summed E-state index contributed by atoms with van der Waals surface area (Å²) in [6, 6.07) is 5.53. The van der Waals surface area contributed by atoms with Crippen molar-refractivity contribution in [1.29, 1.82) is 0 Å². The third-order valence-electron chi connectivity index (χ3n) is 2.94. The molecule has 3 rings (SSSR count). The number of aryl methyl sites for hydroxylation is 1. The fraction of sp³-hybridized carbons (Fsp3) is 0.385. The van der Waals surface area contributed by atoms with Gasteiger partial charge in [0.2, 0.25) is 5.89 Å². The molecule has 2 aromatic rings. The van der Waals surface area contributed by atoms with E-state index in [-0.39, 0.29) is 11.7 Å². The zero-order chi connectivity index (χ0) is 12.5. The first-order valence-corrected chi connectivity index (χ1v) is 6.04. The maximum atomic E-state index is 13.7. The first-order chi connectivity index (χ1) is 8.72. The number of halogens is 1. The maximum Gasteiger partial charge on any atom is 0.250 e. The van der Waals surface area contributed by atoms with Crippen molar-refractivity contribution >= 4 is 0 Å². The second kappa shape index (κ2) is 4.49. The van der Waals surface area contributed by atoms with Crippen LogP contribution in [0.15, 0.2) is 22.6 Å². The predicted octanol–water partition coefficient (Wildman–Crippen LogP) is 2.44. The van der Waals surface area contributed by atoms with Gasteiger partial charge in [-0.25, -0.2) is 4.39 Å². The molecule has 0 unspecified atom stereocenters. The summed E-state index contributed by atoms with van der Waals surface area (Å²) >= 11 is 0. The molecule has 0 bridgehead atoms. The lowest BCUT2D eigenvalue weighted by Crippen LogP contribution is -2.15. The van der Waals surface area contributed by atoms with E-state index in [0.29, 0.717) is 24.0 Å². The van der Waals surface area contributed by atoms with Crippen LogP contribution in [0, 0.1) is 12.7 Å². The molecule has 0 aliphatic heterocycles. The van der Waals surface area contributed by atoms with Crippen LogP contribution in [0.25, 0.3) is 11.5 Å². The number of aromatic nitrogens is 2. The number of nitrogens with one attached hydrogen (secondary N) is 1. The molecule has 1 aliphatic rings. The molecule has 1 aliphatic carbocycles. The molecule has 0 amide bonds. The van der Waals surface area contributed by atoms with Gasteiger partial charge in [0.1, 0.15) is 5.82 Å². The van der Waals surface area contributed by atoms with Crippen molar-refractivity contribution in [3.05, 3.63) is 35.5 Å². The van der Waals surface area contributed by atoms with E-state index in [0.717, 1.165) is 5.56 Å². The average Bonchev–Trinajstić information content (AvgIpc) is 3.05. The van der Waals surface area contributed by atoms with Gasteiger partial charge >= 0.3 is 0 Å². The standard InChI is InChI=1S/C13H14FN3O/c1-8-2-5-10(11(14)6-8)13-17-16-12(18-13)7-15-9-3-4-9/h2,5-6,9,15H,3-4,7H2,1H3. The summed E-state index contributed by atoms with van der Waals surface area (Å²) in [6.45, 7) is 2.39. The fourth-order valence-corrected chi connectivity index (χ4v) is 1.75. The minimum atomic E-state index is -0.333. The summed E-state index contributed by atoms with van der Waals surface area (Å²) in [5.74, 6) is 0.400. The van der Waals surface area contributed by atoms with Gasteiger partial charge in [-0.1, -0.05) is 6.07 Å². The van der Waals surface area contributed by atoms with Gasteiger partial charge in [0.05, 0.1) is 12.1 Å². The Bertz CT molecular complexity index is 563. The van der Waals surface area contributed by atoms with E-state index in [4.69, 9.17) is 4.42 Å². The largest absolute Gasteiger partial charge is 0.419 e. The third kappa shape index (κ3) is 2.41. The van der Waals surface area contributed by atoms with Crippen LogP contribution in [0.1, 0.15) is 24.3 Å². The molecule has 5 heteroatoms. The molecule has 1 heterocycles. The van der Waals surface area contributed by atoms with Crippen molar-refractivity contribution in [2.24, 2.45) is 0 Å². The molecule has 1 aromatic heterocycles. The molecule has 0 atom stereocenters. The van der Waals surface area contributed by atoms with Crippen LogP contribution in [0.3, 0.4) is 0 Å². The van der Waals surface area contributed by atoms with Crippen LogP contribution < -0.4 is 5.32 Å². The van der Waals surface area contributed by atoms with Gasteiger partial charge in [-0.05, 0) is 37.5 Å². The zero-order valence-corrected chi connectivity index (χ0v) is 10.1. The Morgan fingerprint density at radius 2 is 2.22 bits per heavy atom. The van der Waals surface area contributed by atoms with Crippen LogP contribution in [0.5, 0.6) is 0 Å². The Labute approximate surface area is 104 Å². The molecule has 0 radical (unpaired) electrons. The Morgan fingerprint density at radius 3 is 2.94 bits per heavy atom. The number of hydrogen-bond acceptors (Lipinski definition) is 4. The summed E-state index contributed by atoms with van der Waals surface area (Å²) in [5.41, 5.74) is 1.22. The van der Waals surface area contributed by atoms with Crippen LogP contribution in [0.4, 0.5) is 4.39 Å². The molecule has 1 aromatic carbocycles. The van der Waals surface area contributed by atoms with Crippen LogP contribution in [-0.2, 0) is 6.54 Å². The molecule has 1 fully saturated rings. The van der Waals surface area contributed by atoms with Crippen molar-refractivity contribution in [3.8, 4) is 11.5 Å². The predicted molar refractivity (Wildman–Crippen MR) is 64.3 cm³/mol. The first kappa shape index (κ1) is 11.3. The SMILES string of the molecule is Cc1ccc(-c2nnc(CNC3CC3)o2)c(F)c1. The summed E-state index contributed by atoms with van der Waals surface area (Å²) < 4.78 is 19.2. The highest BCUT2D eigenvalue weighted by atomic mass is 19.1. The minimum Gasteiger partial charge on any atom is -0.419 e. The van der Waals surface area contributed by atoms with E-state index >= 15 is 0 Å². The highest BCUT2D eigenvalue weighted by Crippen LogP contribution is 2.23. The molecule has 4 nitrogen and oxygen atoms in total. The average molecular weight is 247 g/mol. The topological polar surface area (TPSA) is 51.0 Å². The van der Waals surface area contributed by atoms with Gasteiger partial charge in [0.25, 0.3) is 5.89 Å². The van der Waals surface area contributed by atoms with Gasteiger partial charge in [0, 0.05) is 6.04 Å². The normalized spacial score (nSPS) is 15.0. The van der Waals surface area contributed by atoms with Crippen molar-refractivity contribution in [1.82, 2.24) is 15.5 Å². The van der Waals surface area contributed by atoms with E-state index in [1.165, 1.54) is 18.9 Å². The first-order valence-electron chi connectivity index (χ1n) is 6.04.